The highest BCUT2D eigenvalue weighted by atomic mass is 35.5. The fraction of sp³-hybridized carbons (Fsp3) is 0.429. The van der Waals surface area contributed by atoms with E-state index in [1.807, 2.05) is 24.3 Å². The number of hydrogen-bond acceptors (Lipinski definition) is 4. The van der Waals surface area contributed by atoms with Crippen molar-refractivity contribution in [3.63, 3.8) is 0 Å². The van der Waals surface area contributed by atoms with Crippen LogP contribution in [0.15, 0.2) is 28.8 Å². The van der Waals surface area contributed by atoms with E-state index in [4.69, 9.17) is 16.1 Å². The molecule has 0 radical (unpaired) electrons. The molecule has 0 bridgehead atoms. The molecule has 1 saturated heterocycles. The summed E-state index contributed by atoms with van der Waals surface area (Å²) in [6, 6.07) is 7.98. The smallest absolute Gasteiger partial charge is 0.228 e. The molecule has 3 rings (SSSR count). The van der Waals surface area contributed by atoms with Crippen LogP contribution in [0, 0.1) is 0 Å². The summed E-state index contributed by atoms with van der Waals surface area (Å²) in [5.74, 6) is 1.24. The Balaban J connectivity index is 1.74. The number of rotatable bonds is 3. The van der Waals surface area contributed by atoms with E-state index in [2.05, 4.69) is 15.5 Å². The van der Waals surface area contributed by atoms with Gasteiger partial charge in [0.15, 0.2) is 0 Å². The summed E-state index contributed by atoms with van der Waals surface area (Å²) >= 11 is 6.13. The first-order valence-corrected chi connectivity index (χ1v) is 7.01. The Kier molecular flexibility index (Phi) is 3.80. The van der Waals surface area contributed by atoms with Gasteiger partial charge in [-0.25, -0.2) is 0 Å². The van der Waals surface area contributed by atoms with Gasteiger partial charge < -0.3 is 9.84 Å². The number of aromatic nitrogens is 2. The molecular weight excluding hydrogens is 262 g/mol. The Morgan fingerprint density at radius 3 is 3.00 bits per heavy atom. The molecule has 2 heterocycles. The lowest BCUT2D eigenvalue weighted by molar-refractivity contribution is 0.332. The second-order valence-corrected chi connectivity index (χ2v) is 5.25. The van der Waals surface area contributed by atoms with E-state index < -0.39 is 0 Å². The maximum atomic E-state index is 6.13. The predicted octanol–water partition coefficient (Wildman–Crippen LogP) is 3.07. The zero-order valence-electron chi connectivity index (χ0n) is 10.6. The van der Waals surface area contributed by atoms with Gasteiger partial charge >= 0.3 is 0 Å². The lowest BCUT2D eigenvalue weighted by atomic mass is 10.0. The van der Waals surface area contributed by atoms with Crippen LogP contribution >= 0.6 is 11.6 Å². The molecule has 1 aliphatic rings. The minimum atomic E-state index is 0.452. The molecule has 1 N–H and O–H groups in total. The standard InChI is InChI=1S/C14H16ClN3O/c15-12-7-2-1-6-11(12)14-17-13(19-18-14)9-10-5-3-4-8-16-10/h1-2,6-7,10,16H,3-5,8-9H2. The lowest BCUT2D eigenvalue weighted by Gasteiger charge is -2.21. The van der Waals surface area contributed by atoms with Crippen LogP contribution in [-0.4, -0.2) is 22.7 Å². The topological polar surface area (TPSA) is 51.0 Å². The normalized spacial score (nSPS) is 19.5. The lowest BCUT2D eigenvalue weighted by Crippen LogP contribution is -2.35. The van der Waals surface area contributed by atoms with Gasteiger partial charge in [-0.2, -0.15) is 4.98 Å². The van der Waals surface area contributed by atoms with Crippen LogP contribution < -0.4 is 5.32 Å². The molecular formula is C14H16ClN3O. The largest absolute Gasteiger partial charge is 0.339 e. The van der Waals surface area contributed by atoms with Crippen molar-refractivity contribution in [3.8, 4) is 11.4 Å². The van der Waals surface area contributed by atoms with E-state index in [-0.39, 0.29) is 0 Å². The van der Waals surface area contributed by atoms with Crippen molar-refractivity contribution < 1.29 is 4.52 Å². The van der Waals surface area contributed by atoms with Gasteiger partial charge in [0.25, 0.3) is 0 Å². The SMILES string of the molecule is Clc1ccccc1-c1noc(CC2CCCCN2)n1. The first-order valence-electron chi connectivity index (χ1n) is 6.64. The number of benzene rings is 1. The third-order valence-corrected chi connectivity index (χ3v) is 3.75. The van der Waals surface area contributed by atoms with Gasteiger partial charge in [0.2, 0.25) is 11.7 Å². The minimum absolute atomic E-state index is 0.452. The zero-order valence-corrected chi connectivity index (χ0v) is 11.4. The molecule has 1 unspecified atom stereocenters. The van der Waals surface area contributed by atoms with Gasteiger partial charge in [0.1, 0.15) is 0 Å². The molecule has 1 aromatic heterocycles. The van der Waals surface area contributed by atoms with Crippen LogP contribution in [0.4, 0.5) is 0 Å². The summed E-state index contributed by atoms with van der Waals surface area (Å²) in [7, 11) is 0. The molecule has 5 heteroatoms. The molecule has 0 amide bonds. The van der Waals surface area contributed by atoms with Gasteiger partial charge in [-0.1, -0.05) is 35.3 Å². The molecule has 1 fully saturated rings. The van der Waals surface area contributed by atoms with Crippen molar-refractivity contribution in [2.75, 3.05) is 6.54 Å². The molecule has 4 nitrogen and oxygen atoms in total. The zero-order chi connectivity index (χ0) is 13.1. The Hall–Kier alpha value is -1.39. The molecule has 2 aromatic rings. The fourth-order valence-corrected chi connectivity index (χ4v) is 2.62. The van der Waals surface area contributed by atoms with Gasteiger partial charge in [-0.05, 0) is 31.5 Å². The molecule has 0 aliphatic carbocycles. The van der Waals surface area contributed by atoms with Crippen molar-refractivity contribution in [1.29, 1.82) is 0 Å². The number of piperidine rings is 1. The molecule has 0 saturated carbocycles. The van der Waals surface area contributed by atoms with E-state index in [0.717, 1.165) is 18.5 Å². The Morgan fingerprint density at radius 2 is 2.21 bits per heavy atom. The summed E-state index contributed by atoms with van der Waals surface area (Å²) < 4.78 is 5.32. The second-order valence-electron chi connectivity index (χ2n) is 4.84. The third kappa shape index (κ3) is 2.96. The van der Waals surface area contributed by atoms with E-state index >= 15 is 0 Å². The molecule has 0 spiro atoms. The minimum Gasteiger partial charge on any atom is -0.339 e. The van der Waals surface area contributed by atoms with Crippen molar-refractivity contribution in [2.45, 2.75) is 31.7 Å². The van der Waals surface area contributed by atoms with E-state index in [1.54, 1.807) is 0 Å². The Bertz CT molecular complexity index is 549. The highest BCUT2D eigenvalue weighted by Gasteiger charge is 2.17. The van der Waals surface area contributed by atoms with Crippen molar-refractivity contribution >= 4 is 11.6 Å². The first kappa shape index (κ1) is 12.6. The average Bonchev–Trinajstić information content (AvgIpc) is 2.89. The second kappa shape index (κ2) is 5.72. The average molecular weight is 278 g/mol. The van der Waals surface area contributed by atoms with Crippen LogP contribution in [-0.2, 0) is 6.42 Å². The predicted molar refractivity (Wildman–Crippen MR) is 74.1 cm³/mol. The first-order chi connectivity index (χ1) is 9.33. The van der Waals surface area contributed by atoms with Crippen LogP contribution in [0.2, 0.25) is 5.02 Å². The van der Waals surface area contributed by atoms with Crippen LogP contribution in [0.25, 0.3) is 11.4 Å². The van der Waals surface area contributed by atoms with Crippen LogP contribution in [0.1, 0.15) is 25.2 Å². The molecule has 1 atom stereocenters. The molecule has 1 aromatic carbocycles. The number of hydrogen-bond donors (Lipinski definition) is 1. The van der Waals surface area contributed by atoms with Crippen LogP contribution in [0.3, 0.4) is 0 Å². The summed E-state index contributed by atoms with van der Waals surface area (Å²) in [6.45, 7) is 1.08. The summed E-state index contributed by atoms with van der Waals surface area (Å²) in [4.78, 5) is 4.43. The Morgan fingerprint density at radius 1 is 1.32 bits per heavy atom. The van der Waals surface area contributed by atoms with Gasteiger partial charge in [-0.15, -0.1) is 0 Å². The Labute approximate surface area is 117 Å². The summed E-state index contributed by atoms with van der Waals surface area (Å²) in [6.07, 6.45) is 4.48. The van der Waals surface area contributed by atoms with E-state index in [1.165, 1.54) is 19.3 Å². The third-order valence-electron chi connectivity index (χ3n) is 3.42. The highest BCUT2D eigenvalue weighted by molar-refractivity contribution is 6.33. The van der Waals surface area contributed by atoms with Gasteiger partial charge in [0.05, 0.1) is 5.02 Å². The maximum Gasteiger partial charge on any atom is 0.228 e. The van der Waals surface area contributed by atoms with Gasteiger partial charge in [0, 0.05) is 18.0 Å². The summed E-state index contributed by atoms with van der Waals surface area (Å²) in [5, 5.41) is 8.13. The van der Waals surface area contributed by atoms with E-state index in [0.29, 0.717) is 22.8 Å². The van der Waals surface area contributed by atoms with Crippen molar-refractivity contribution in [3.05, 3.63) is 35.2 Å². The number of nitrogens with zero attached hydrogens (tertiary/aromatic N) is 2. The number of nitrogens with one attached hydrogen (secondary N) is 1. The van der Waals surface area contributed by atoms with Crippen LogP contribution in [0.5, 0.6) is 0 Å². The molecule has 1 aliphatic heterocycles. The molecule has 19 heavy (non-hydrogen) atoms. The fourth-order valence-electron chi connectivity index (χ4n) is 2.40. The van der Waals surface area contributed by atoms with E-state index in [9.17, 15) is 0 Å². The van der Waals surface area contributed by atoms with Crippen molar-refractivity contribution in [2.24, 2.45) is 0 Å². The number of halogens is 1. The maximum absolute atomic E-state index is 6.13. The molecule has 100 valence electrons. The van der Waals surface area contributed by atoms with Crippen molar-refractivity contribution in [1.82, 2.24) is 15.5 Å². The summed E-state index contributed by atoms with van der Waals surface area (Å²) in [5.41, 5.74) is 0.816. The quantitative estimate of drug-likeness (QED) is 0.937. The van der Waals surface area contributed by atoms with Gasteiger partial charge in [-0.3, -0.25) is 0 Å². The highest BCUT2D eigenvalue weighted by Crippen LogP contribution is 2.25. The monoisotopic (exact) mass is 277 g/mol.